The molecule has 3 aliphatic rings. The van der Waals surface area contributed by atoms with Crippen LogP contribution in [0.1, 0.15) is 12.8 Å². The first kappa shape index (κ1) is 16.7. The molecule has 1 saturated heterocycles. The van der Waals surface area contributed by atoms with Gasteiger partial charge in [-0.25, -0.2) is 0 Å². The normalized spacial score (nSPS) is 20.3. The molecule has 3 amide bonds. The minimum Gasteiger partial charge on any atom is -0.486 e. The van der Waals surface area contributed by atoms with E-state index in [2.05, 4.69) is 5.32 Å². The highest BCUT2D eigenvalue weighted by atomic mass is 16.6. The Morgan fingerprint density at radius 2 is 1.73 bits per heavy atom. The average Bonchev–Trinajstić information content (AvgIpc) is 3.49. The fraction of sp³-hybridized carbons (Fsp3) is 0.500. The van der Waals surface area contributed by atoms with E-state index in [0.717, 1.165) is 6.41 Å². The van der Waals surface area contributed by atoms with Gasteiger partial charge < -0.3 is 24.6 Å². The number of nitrogens with zero attached hydrogens (tertiary/aromatic N) is 2. The van der Waals surface area contributed by atoms with Gasteiger partial charge in [-0.05, 0) is 25.0 Å². The van der Waals surface area contributed by atoms with Crippen LogP contribution in [0.5, 0.6) is 11.5 Å². The fourth-order valence-electron chi connectivity index (χ4n) is 3.37. The van der Waals surface area contributed by atoms with E-state index in [4.69, 9.17) is 9.47 Å². The zero-order valence-corrected chi connectivity index (χ0v) is 14.4. The number of nitrogens with one attached hydrogen (secondary N) is 1. The molecular formula is C18H21N3O5. The van der Waals surface area contributed by atoms with Crippen LogP contribution in [0.2, 0.25) is 0 Å². The van der Waals surface area contributed by atoms with Crippen molar-refractivity contribution in [3.05, 3.63) is 18.2 Å². The average molecular weight is 359 g/mol. The molecule has 0 unspecified atom stereocenters. The van der Waals surface area contributed by atoms with Crippen LogP contribution in [-0.2, 0) is 14.4 Å². The van der Waals surface area contributed by atoms with Gasteiger partial charge in [-0.2, -0.15) is 0 Å². The van der Waals surface area contributed by atoms with Crippen LogP contribution < -0.4 is 14.8 Å². The molecular weight excluding hydrogens is 338 g/mol. The Kier molecular flexibility index (Phi) is 4.18. The third kappa shape index (κ3) is 2.95. The number of carbonyl (C=O) groups is 3. The molecule has 0 bridgehead atoms. The summed E-state index contributed by atoms with van der Waals surface area (Å²) in [6.07, 6.45) is 1.90. The number of amides is 3. The molecule has 0 spiro atoms. The monoisotopic (exact) mass is 359 g/mol. The molecule has 8 heteroatoms. The van der Waals surface area contributed by atoms with Gasteiger partial charge in [0.1, 0.15) is 18.6 Å². The highest BCUT2D eigenvalue weighted by Crippen LogP contribution is 2.48. The van der Waals surface area contributed by atoms with Crippen molar-refractivity contribution in [2.45, 2.75) is 12.8 Å². The molecule has 1 N–H and O–H groups in total. The number of rotatable bonds is 4. The maximum absolute atomic E-state index is 12.9. The largest absolute Gasteiger partial charge is 0.486 e. The Bertz CT molecular complexity index is 738. The third-order valence-electron chi connectivity index (χ3n) is 5.14. The van der Waals surface area contributed by atoms with E-state index in [-0.39, 0.29) is 11.8 Å². The van der Waals surface area contributed by atoms with Crippen molar-refractivity contribution in [2.75, 3.05) is 44.7 Å². The van der Waals surface area contributed by atoms with E-state index in [0.29, 0.717) is 69.4 Å². The summed E-state index contributed by atoms with van der Waals surface area (Å²) in [4.78, 5) is 39.8. The molecule has 0 radical (unpaired) electrons. The second kappa shape index (κ2) is 6.51. The number of benzene rings is 1. The molecule has 4 rings (SSSR count). The lowest BCUT2D eigenvalue weighted by atomic mass is 10.0. The second-order valence-corrected chi connectivity index (χ2v) is 6.83. The maximum atomic E-state index is 12.9. The molecule has 0 atom stereocenters. The summed E-state index contributed by atoms with van der Waals surface area (Å²) >= 11 is 0. The van der Waals surface area contributed by atoms with Gasteiger partial charge >= 0.3 is 0 Å². The number of hydrogen-bond donors (Lipinski definition) is 1. The molecule has 1 aromatic rings. The molecule has 1 aliphatic carbocycles. The van der Waals surface area contributed by atoms with Crippen LogP contribution in [0, 0.1) is 5.41 Å². The first-order valence-corrected chi connectivity index (χ1v) is 8.82. The summed E-state index contributed by atoms with van der Waals surface area (Å²) in [7, 11) is 0. The van der Waals surface area contributed by atoms with Crippen molar-refractivity contribution in [3.8, 4) is 11.5 Å². The Morgan fingerprint density at radius 3 is 2.38 bits per heavy atom. The van der Waals surface area contributed by atoms with Gasteiger partial charge in [0.25, 0.3) is 0 Å². The van der Waals surface area contributed by atoms with E-state index >= 15 is 0 Å². The standard InChI is InChI=1S/C18H21N3O5/c22-12-20-5-7-21(8-6-20)17(24)18(3-4-18)16(23)19-13-1-2-14-15(11-13)26-10-9-25-14/h1-2,11-12H,3-10H2,(H,19,23). The molecule has 2 heterocycles. The van der Waals surface area contributed by atoms with Crippen molar-refractivity contribution < 1.29 is 23.9 Å². The molecule has 0 aromatic heterocycles. The predicted octanol–water partition coefficient (Wildman–Crippen LogP) is 0.477. The Balaban J connectivity index is 1.42. The number of carbonyl (C=O) groups excluding carboxylic acids is 3. The van der Waals surface area contributed by atoms with Gasteiger partial charge in [0, 0.05) is 37.9 Å². The highest BCUT2D eigenvalue weighted by Gasteiger charge is 2.58. The number of fused-ring (bicyclic) bond motifs is 1. The van der Waals surface area contributed by atoms with Gasteiger partial charge in [0.2, 0.25) is 18.2 Å². The number of anilines is 1. The first-order chi connectivity index (χ1) is 12.6. The number of piperazine rings is 1. The van der Waals surface area contributed by atoms with Crippen LogP contribution in [0.4, 0.5) is 5.69 Å². The van der Waals surface area contributed by atoms with Crippen molar-refractivity contribution in [1.82, 2.24) is 9.80 Å². The van der Waals surface area contributed by atoms with Crippen molar-refractivity contribution in [3.63, 3.8) is 0 Å². The van der Waals surface area contributed by atoms with E-state index in [1.807, 2.05) is 0 Å². The predicted molar refractivity (Wildman–Crippen MR) is 91.9 cm³/mol. The fourth-order valence-corrected chi connectivity index (χ4v) is 3.37. The van der Waals surface area contributed by atoms with Gasteiger partial charge in [0.15, 0.2) is 11.5 Å². The van der Waals surface area contributed by atoms with Crippen LogP contribution in [0.25, 0.3) is 0 Å². The summed E-state index contributed by atoms with van der Waals surface area (Å²) in [6, 6.07) is 5.22. The smallest absolute Gasteiger partial charge is 0.240 e. The Labute approximate surface area is 151 Å². The minimum absolute atomic E-state index is 0.141. The lowest BCUT2D eigenvalue weighted by molar-refractivity contribution is -0.144. The van der Waals surface area contributed by atoms with Gasteiger partial charge in [-0.15, -0.1) is 0 Å². The SMILES string of the molecule is O=CN1CCN(C(=O)C2(C(=O)Nc3ccc4c(c3)OCCO4)CC2)CC1. The third-order valence-corrected chi connectivity index (χ3v) is 5.14. The summed E-state index contributed by atoms with van der Waals surface area (Å²) < 4.78 is 11.0. The topological polar surface area (TPSA) is 88.2 Å². The van der Waals surface area contributed by atoms with E-state index < -0.39 is 5.41 Å². The Hall–Kier alpha value is -2.77. The first-order valence-electron chi connectivity index (χ1n) is 8.82. The number of ether oxygens (including phenoxy) is 2. The van der Waals surface area contributed by atoms with Crippen molar-refractivity contribution in [1.29, 1.82) is 0 Å². The molecule has 2 aliphatic heterocycles. The molecule has 1 saturated carbocycles. The Morgan fingerprint density at radius 1 is 1.04 bits per heavy atom. The van der Waals surface area contributed by atoms with Gasteiger partial charge in [0.05, 0.1) is 0 Å². The van der Waals surface area contributed by atoms with Crippen molar-refractivity contribution in [2.24, 2.45) is 5.41 Å². The number of hydrogen-bond acceptors (Lipinski definition) is 5. The summed E-state index contributed by atoms with van der Waals surface area (Å²) in [5.41, 5.74) is -0.388. The summed E-state index contributed by atoms with van der Waals surface area (Å²) in [5, 5.41) is 2.85. The van der Waals surface area contributed by atoms with Crippen LogP contribution >= 0.6 is 0 Å². The summed E-state index contributed by atoms with van der Waals surface area (Å²) in [5.74, 6) is 0.824. The van der Waals surface area contributed by atoms with Gasteiger partial charge in [-0.3, -0.25) is 14.4 Å². The quantitative estimate of drug-likeness (QED) is 0.624. The second-order valence-electron chi connectivity index (χ2n) is 6.83. The lowest BCUT2D eigenvalue weighted by Crippen LogP contribution is -2.52. The van der Waals surface area contributed by atoms with Crippen LogP contribution in [0.15, 0.2) is 18.2 Å². The highest BCUT2D eigenvalue weighted by molar-refractivity contribution is 6.13. The van der Waals surface area contributed by atoms with E-state index in [9.17, 15) is 14.4 Å². The van der Waals surface area contributed by atoms with E-state index in [1.165, 1.54) is 0 Å². The zero-order valence-electron chi connectivity index (χ0n) is 14.4. The summed E-state index contributed by atoms with van der Waals surface area (Å²) in [6.45, 7) is 2.94. The minimum atomic E-state index is -0.976. The molecule has 26 heavy (non-hydrogen) atoms. The lowest BCUT2D eigenvalue weighted by Gasteiger charge is -2.34. The maximum Gasteiger partial charge on any atom is 0.240 e. The molecule has 1 aromatic carbocycles. The van der Waals surface area contributed by atoms with Gasteiger partial charge in [-0.1, -0.05) is 0 Å². The van der Waals surface area contributed by atoms with Crippen molar-refractivity contribution >= 4 is 23.9 Å². The van der Waals surface area contributed by atoms with E-state index in [1.54, 1.807) is 28.0 Å². The zero-order chi connectivity index (χ0) is 18.1. The van der Waals surface area contributed by atoms with Crippen LogP contribution in [0.3, 0.4) is 0 Å². The molecule has 138 valence electrons. The molecule has 2 fully saturated rings. The van der Waals surface area contributed by atoms with Crippen LogP contribution in [-0.4, -0.2) is 67.4 Å². The molecule has 8 nitrogen and oxygen atoms in total.